The van der Waals surface area contributed by atoms with Gasteiger partial charge in [0.05, 0.1) is 0 Å². The quantitative estimate of drug-likeness (QED) is 0.769. The Morgan fingerprint density at radius 3 is 1.88 bits per heavy atom. The molecule has 0 amide bonds. The van der Waals surface area contributed by atoms with E-state index in [0.717, 1.165) is 29.7 Å². The zero-order valence-corrected chi connectivity index (χ0v) is 10.2. The second kappa shape index (κ2) is 3.71. The van der Waals surface area contributed by atoms with Gasteiger partial charge >= 0.3 is 0 Å². The molecule has 5 rings (SSSR count). The summed E-state index contributed by atoms with van der Waals surface area (Å²) in [6.45, 7) is 2.59. The molecule has 16 heavy (non-hydrogen) atoms. The first-order valence-electron chi connectivity index (χ1n) is 7.39. The van der Waals surface area contributed by atoms with Gasteiger partial charge in [0.15, 0.2) is 0 Å². The van der Waals surface area contributed by atoms with E-state index in [4.69, 9.17) is 0 Å². The van der Waals surface area contributed by atoms with Gasteiger partial charge in [0, 0.05) is 19.1 Å². The Balaban J connectivity index is 1.47. The second-order valence-electron chi connectivity index (χ2n) is 6.78. The zero-order valence-electron chi connectivity index (χ0n) is 10.2. The molecule has 2 nitrogen and oxygen atoms in total. The number of nitrogens with zero attached hydrogens (tertiary/aromatic N) is 1. The minimum Gasteiger partial charge on any atom is -0.252 e. The number of rotatable bonds is 2. The van der Waals surface area contributed by atoms with Crippen molar-refractivity contribution in [1.82, 2.24) is 10.4 Å². The summed E-state index contributed by atoms with van der Waals surface area (Å²) < 4.78 is 0. The minimum absolute atomic E-state index is 0.853. The lowest BCUT2D eigenvalue weighted by molar-refractivity contribution is -0.0392. The van der Waals surface area contributed by atoms with Crippen LogP contribution in [0.5, 0.6) is 0 Å². The predicted molar refractivity (Wildman–Crippen MR) is 64.8 cm³/mol. The lowest BCUT2D eigenvalue weighted by Gasteiger charge is -2.55. The lowest BCUT2D eigenvalue weighted by Crippen LogP contribution is -2.58. The van der Waals surface area contributed by atoms with Crippen molar-refractivity contribution >= 4 is 0 Å². The summed E-state index contributed by atoms with van der Waals surface area (Å²) >= 11 is 0. The molecule has 2 heteroatoms. The Bertz CT molecular complexity index is 242. The highest BCUT2D eigenvalue weighted by molar-refractivity contribution is 5.01. The maximum absolute atomic E-state index is 3.89. The standard InChI is InChI=1S/C14H24N2/c1-2-4-16(3-1)15-14-12-6-10-5-11(8-12)9-13(14)7-10/h10-15H,1-9H2. The van der Waals surface area contributed by atoms with Crippen molar-refractivity contribution < 1.29 is 0 Å². The van der Waals surface area contributed by atoms with E-state index in [1.165, 1.54) is 25.9 Å². The van der Waals surface area contributed by atoms with Crippen LogP contribution in [0.4, 0.5) is 0 Å². The SMILES string of the molecule is C1CCN(NC2C3CC4CC(C3)CC2C4)C1. The van der Waals surface area contributed by atoms with Gasteiger partial charge in [-0.25, -0.2) is 5.01 Å². The molecular weight excluding hydrogens is 196 g/mol. The molecule has 1 N–H and O–H groups in total. The van der Waals surface area contributed by atoms with Crippen molar-refractivity contribution in [3.05, 3.63) is 0 Å². The fraction of sp³-hybridized carbons (Fsp3) is 1.00. The first-order chi connectivity index (χ1) is 7.88. The third-order valence-electron chi connectivity index (χ3n) is 5.66. The molecule has 0 aromatic rings. The molecule has 0 aromatic carbocycles. The van der Waals surface area contributed by atoms with Crippen LogP contribution < -0.4 is 5.43 Å². The molecule has 90 valence electrons. The molecule has 5 aliphatic rings. The van der Waals surface area contributed by atoms with E-state index in [1.807, 2.05) is 0 Å². The molecule has 0 radical (unpaired) electrons. The molecule has 0 unspecified atom stereocenters. The Labute approximate surface area is 98.7 Å². The van der Waals surface area contributed by atoms with Crippen molar-refractivity contribution in [3.63, 3.8) is 0 Å². The summed E-state index contributed by atoms with van der Waals surface area (Å²) in [6.07, 6.45) is 10.5. The average Bonchev–Trinajstić information content (AvgIpc) is 2.75. The predicted octanol–water partition coefficient (Wildman–Crippen LogP) is 2.41. The molecule has 4 aliphatic carbocycles. The fourth-order valence-corrected chi connectivity index (χ4v) is 5.19. The minimum atomic E-state index is 0.853. The van der Waals surface area contributed by atoms with Gasteiger partial charge in [0.1, 0.15) is 0 Å². The van der Waals surface area contributed by atoms with Crippen LogP contribution in [0.25, 0.3) is 0 Å². The third-order valence-corrected chi connectivity index (χ3v) is 5.66. The summed E-state index contributed by atoms with van der Waals surface area (Å²) in [7, 11) is 0. The Hall–Kier alpha value is -0.0800. The van der Waals surface area contributed by atoms with E-state index in [9.17, 15) is 0 Å². The number of hydrogen-bond donors (Lipinski definition) is 1. The van der Waals surface area contributed by atoms with Gasteiger partial charge < -0.3 is 0 Å². The highest BCUT2D eigenvalue weighted by Crippen LogP contribution is 2.53. The molecule has 0 aromatic heterocycles. The molecule has 4 bridgehead atoms. The first-order valence-corrected chi connectivity index (χ1v) is 7.39. The van der Waals surface area contributed by atoms with Gasteiger partial charge in [-0.2, -0.15) is 0 Å². The van der Waals surface area contributed by atoms with Crippen molar-refractivity contribution in [1.29, 1.82) is 0 Å². The van der Waals surface area contributed by atoms with E-state index >= 15 is 0 Å². The summed E-state index contributed by atoms with van der Waals surface area (Å²) in [4.78, 5) is 0. The van der Waals surface area contributed by atoms with E-state index in [-0.39, 0.29) is 0 Å². The highest BCUT2D eigenvalue weighted by atomic mass is 15.5. The van der Waals surface area contributed by atoms with Crippen LogP contribution in [0.3, 0.4) is 0 Å². The molecule has 0 atom stereocenters. The van der Waals surface area contributed by atoms with Crippen LogP contribution >= 0.6 is 0 Å². The van der Waals surface area contributed by atoms with Gasteiger partial charge in [-0.15, -0.1) is 0 Å². The molecule has 0 spiro atoms. The Kier molecular flexibility index (Phi) is 2.29. The first kappa shape index (κ1) is 9.90. The molecule has 4 saturated carbocycles. The maximum Gasteiger partial charge on any atom is 0.0272 e. The number of hydrogen-bond acceptors (Lipinski definition) is 2. The number of hydrazine groups is 1. The number of nitrogens with one attached hydrogen (secondary N) is 1. The summed E-state index contributed by atoms with van der Waals surface area (Å²) in [5.74, 6) is 4.27. The monoisotopic (exact) mass is 220 g/mol. The van der Waals surface area contributed by atoms with Crippen LogP contribution in [0.1, 0.15) is 44.9 Å². The summed E-state index contributed by atoms with van der Waals surface area (Å²) in [5.41, 5.74) is 3.89. The largest absolute Gasteiger partial charge is 0.252 e. The van der Waals surface area contributed by atoms with Crippen molar-refractivity contribution in [3.8, 4) is 0 Å². The Morgan fingerprint density at radius 1 is 0.750 bits per heavy atom. The maximum atomic E-state index is 3.89. The average molecular weight is 220 g/mol. The van der Waals surface area contributed by atoms with Crippen LogP contribution in [0, 0.1) is 23.7 Å². The highest BCUT2D eigenvalue weighted by Gasteiger charge is 2.48. The summed E-state index contributed by atoms with van der Waals surface area (Å²) in [5, 5.41) is 2.52. The zero-order chi connectivity index (χ0) is 10.5. The molecule has 1 heterocycles. The molecular formula is C14H24N2. The fourth-order valence-electron chi connectivity index (χ4n) is 5.19. The van der Waals surface area contributed by atoms with Crippen molar-refractivity contribution in [2.24, 2.45) is 23.7 Å². The molecule has 1 saturated heterocycles. The Morgan fingerprint density at radius 2 is 1.31 bits per heavy atom. The van der Waals surface area contributed by atoms with E-state index in [2.05, 4.69) is 10.4 Å². The third kappa shape index (κ3) is 1.53. The van der Waals surface area contributed by atoms with Gasteiger partial charge in [0.2, 0.25) is 0 Å². The van der Waals surface area contributed by atoms with Crippen LogP contribution in [0.2, 0.25) is 0 Å². The van der Waals surface area contributed by atoms with E-state index < -0.39 is 0 Å². The van der Waals surface area contributed by atoms with Gasteiger partial charge in [-0.3, -0.25) is 5.43 Å². The van der Waals surface area contributed by atoms with Crippen molar-refractivity contribution in [2.75, 3.05) is 13.1 Å². The lowest BCUT2D eigenvalue weighted by atomic mass is 9.54. The topological polar surface area (TPSA) is 15.3 Å². The molecule has 1 aliphatic heterocycles. The van der Waals surface area contributed by atoms with Gasteiger partial charge in [-0.05, 0) is 68.6 Å². The van der Waals surface area contributed by atoms with Crippen LogP contribution in [-0.4, -0.2) is 24.1 Å². The summed E-state index contributed by atoms with van der Waals surface area (Å²) in [6, 6.07) is 0.853. The van der Waals surface area contributed by atoms with Gasteiger partial charge in [-0.1, -0.05) is 0 Å². The molecule has 5 fully saturated rings. The second-order valence-corrected chi connectivity index (χ2v) is 6.78. The normalized spacial score (nSPS) is 51.4. The smallest absolute Gasteiger partial charge is 0.0272 e. The van der Waals surface area contributed by atoms with Crippen LogP contribution in [-0.2, 0) is 0 Å². The van der Waals surface area contributed by atoms with E-state index in [0.29, 0.717) is 0 Å². The van der Waals surface area contributed by atoms with E-state index in [1.54, 1.807) is 32.1 Å². The van der Waals surface area contributed by atoms with Crippen LogP contribution in [0.15, 0.2) is 0 Å². The van der Waals surface area contributed by atoms with Gasteiger partial charge in [0.25, 0.3) is 0 Å². The van der Waals surface area contributed by atoms with Crippen molar-refractivity contribution in [2.45, 2.75) is 51.0 Å².